The molecule has 1 heteroatoms. The van der Waals surface area contributed by atoms with E-state index in [0.717, 1.165) is 21.4 Å². The van der Waals surface area contributed by atoms with Crippen LogP contribution < -0.4 is 4.90 Å². The Hall–Kier alpha value is -5.92. The van der Waals surface area contributed by atoms with Gasteiger partial charge in [-0.2, -0.15) is 0 Å². The summed E-state index contributed by atoms with van der Waals surface area (Å²) in [7, 11) is 0. The highest BCUT2D eigenvalue weighted by Gasteiger charge is 2.17. The number of anilines is 3. The van der Waals surface area contributed by atoms with Gasteiger partial charge in [0.05, 0.1) is 26.2 Å². The standard InChI is InChI=1S/C44H31N/c1-2-11-32(12-3-1)33-23-25-34(26-24-33)35-27-29-39(30-28-35)45(44-22-10-16-37-14-5-7-20-43(37)44)40-18-8-17-38(31-40)42-21-9-15-36-13-4-6-19-41(36)42/h1-31H/i5D,7D,8D,10D,14D,16D,17D,18D,20D,22D,27D,28D,29D,30D,31D. The first-order valence-electron chi connectivity index (χ1n) is 21.7. The van der Waals surface area contributed by atoms with Gasteiger partial charge in [0.25, 0.3) is 0 Å². The number of hydrogen-bond donors (Lipinski definition) is 0. The molecule has 8 aromatic rings. The Balaban J connectivity index is 1.52. The van der Waals surface area contributed by atoms with Crippen molar-refractivity contribution in [1.82, 2.24) is 0 Å². The van der Waals surface area contributed by atoms with Crippen LogP contribution in [0.15, 0.2) is 188 Å². The Bertz CT molecular complexity index is 3050. The van der Waals surface area contributed by atoms with Gasteiger partial charge in [0.15, 0.2) is 0 Å². The van der Waals surface area contributed by atoms with Crippen molar-refractivity contribution in [3.8, 4) is 33.4 Å². The van der Waals surface area contributed by atoms with Crippen molar-refractivity contribution in [2.75, 3.05) is 4.90 Å². The van der Waals surface area contributed by atoms with Gasteiger partial charge in [-0.05, 0) is 79.8 Å². The van der Waals surface area contributed by atoms with Crippen LogP contribution >= 0.6 is 0 Å². The van der Waals surface area contributed by atoms with Crippen molar-refractivity contribution < 1.29 is 20.6 Å². The first kappa shape index (κ1) is 15.2. The summed E-state index contributed by atoms with van der Waals surface area (Å²) in [5.74, 6) is 0. The van der Waals surface area contributed by atoms with Crippen LogP contribution in [0.25, 0.3) is 54.9 Å². The van der Waals surface area contributed by atoms with Crippen LogP contribution in [-0.2, 0) is 0 Å². The molecule has 212 valence electrons. The van der Waals surface area contributed by atoms with Crippen molar-refractivity contribution in [1.29, 1.82) is 0 Å². The first-order valence-corrected chi connectivity index (χ1v) is 14.2. The lowest BCUT2D eigenvalue weighted by molar-refractivity contribution is 1.30. The van der Waals surface area contributed by atoms with E-state index in [1.807, 2.05) is 42.5 Å². The van der Waals surface area contributed by atoms with Crippen LogP contribution in [0.3, 0.4) is 0 Å². The highest BCUT2D eigenvalue weighted by atomic mass is 15.1. The van der Waals surface area contributed by atoms with Gasteiger partial charge < -0.3 is 4.90 Å². The van der Waals surface area contributed by atoms with E-state index in [1.165, 1.54) is 0 Å². The number of hydrogen-bond acceptors (Lipinski definition) is 1. The normalized spacial score (nSPS) is 15.8. The number of fused-ring (bicyclic) bond motifs is 2. The topological polar surface area (TPSA) is 3.24 Å². The smallest absolute Gasteiger partial charge is 0.0651 e. The molecule has 0 unspecified atom stereocenters. The second kappa shape index (κ2) is 11.6. The Morgan fingerprint density at radius 3 is 1.89 bits per heavy atom. The SMILES string of the molecule is [2H]c1c([2H])c(-c2cccc3ccccc23)c([2H])c(N(c2c([2H])c([2H])c(-c3ccc(-c4ccccc4)cc3)c([2H])c2[2H])c2c([2H])c([2H])c([2H])c3c([2H])c([2H])c([2H])c([2H])c23)c1[2H]. The zero-order valence-corrected chi connectivity index (χ0v) is 23.7. The van der Waals surface area contributed by atoms with Crippen LogP contribution in [0, 0.1) is 0 Å². The molecule has 0 spiro atoms. The third-order valence-corrected chi connectivity index (χ3v) is 7.53. The highest BCUT2D eigenvalue weighted by Crippen LogP contribution is 2.41. The van der Waals surface area contributed by atoms with Gasteiger partial charge in [-0.3, -0.25) is 0 Å². The minimum absolute atomic E-state index is 0.106. The van der Waals surface area contributed by atoms with E-state index >= 15 is 0 Å². The maximum atomic E-state index is 9.75. The molecule has 0 bridgehead atoms. The fraction of sp³-hybridized carbons (Fsp3) is 0. The van der Waals surface area contributed by atoms with Crippen molar-refractivity contribution >= 4 is 38.6 Å². The molecule has 8 aromatic carbocycles. The van der Waals surface area contributed by atoms with E-state index < -0.39 is 118 Å². The monoisotopic (exact) mass is 588 g/mol. The summed E-state index contributed by atoms with van der Waals surface area (Å²) >= 11 is 0. The van der Waals surface area contributed by atoms with Gasteiger partial charge in [-0.25, -0.2) is 0 Å². The quantitative estimate of drug-likeness (QED) is 0.187. The van der Waals surface area contributed by atoms with Gasteiger partial charge in [-0.1, -0.05) is 157 Å². The molecule has 0 aliphatic carbocycles. The Morgan fingerprint density at radius 1 is 0.378 bits per heavy atom. The largest absolute Gasteiger partial charge is 0.310 e. The van der Waals surface area contributed by atoms with Crippen molar-refractivity contribution in [2.24, 2.45) is 0 Å². The average Bonchev–Trinajstić information content (AvgIpc) is 3.25. The van der Waals surface area contributed by atoms with Crippen LogP contribution in [-0.4, -0.2) is 0 Å². The summed E-state index contributed by atoms with van der Waals surface area (Å²) in [6, 6.07) is 17.9. The minimum atomic E-state index is -0.845. The lowest BCUT2D eigenvalue weighted by atomic mass is 9.97. The molecule has 0 heterocycles. The van der Waals surface area contributed by atoms with E-state index in [1.54, 1.807) is 54.6 Å². The highest BCUT2D eigenvalue weighted by molar-refractivity contribution is 6.01. The fourth-order valence-electron chi connectivity index (χ4n) is 5.35. The van der Waals surface area contributed by atoms with Crippen molar-refractivity contribution in [2.45, 2.75) is 0 Å². The summed E-state index contributed by atoms with van der Waals surface area (Å²) in [6.45, 7) is 0. The molecule has 0 aliphatic rings. The molecule has 0 radical (unpaired) electrons. The third kappa shape index (κ3) is 5.15. The van der Waals surface area contributed by atoms with Gasteiger partial charge >= 0.3 is 0 Å². The molecule has 0 atom stereocenters. The zero-order valence-electron chi connectivity index (χ0n) is 38.7. The van der Waals surface area contributed by atoms with Gasteiger partial charge in [0.1, 0.15) is 0 Å². The molecule has 0 saturated carbocycles. The van der Waals surface area contributed by atoms with E-state index in [4.69, 9.17) is 11.0 Å². The third-order valence-electron chi connectivity index (χ3n) is 7.53. The molecule has 0 aliphatic heterocycles. The Labute approximate surface area is 285 Å². The lowest BCUT2D eigenvalue weighted by Crippen LogP contribution is -2.10. The second-order valence-electron chi connectivity index (χ2n) is 10.2. The summed E-state index contributed by atoms with van der Waals surface area (Å²) in [6.07, 6.45) is 0. The molecule has 0 saturated heterocycles. The summed E-state index contributed by atoms with van der Waals surface area (Å²) in [4.78, 5) is 0.808. The Morgan fingerprint density at radius 2 is 1.04 bits per heavy atom. The fourth-order valence-corrected chi connectivity index (χ4v) is 5.35. The zero-order chi connectivity index (χ0) is 43.1. The summed E-state index contributed by atoms with van der Waals surface area (Å²) < 4.78 is 136. The van der Waals surface area contributed by atoms with Gasteiger partial charge in [0.2, 0.25) is 0 Å². The molecule has 0 amide bonds. The molecule has 45 heavy (non-hydrogen) atoms. The molecule has 0 fully saturated rings. The van der Waals surface area contributed by atoms with Crippen LogP contribution in [0.2, 0.25) is 0 Å². The van der Waals surface area contributed by atoms with E-state index in [-0.39, 0.29) is 11.1 Å². The first-order chi connectivity index (χ1) is 28.6. The summed E-state index contributed by atoms with van der Waals surface area (Å²) in [5, 5.41) is 0.289. The van der Waals surface area contributed by atoms with E-state index in [2.05, 4.69) is 0 Å². The summed E-state index contributed by atoms with van der Waals surface area (Å²) in [5.41, 5.74) is 0.212. The predicted octanol–water partition coefficient (Wildman–Crippen LogP) is 12.5. The molecule has 8 rings (SSSR count). The number of rotatable bonds is 6. The van der Waals surface area contributed by atoms with E-state index in [9.17, 15) is 9.60 Å². The predicted molar refractivity (Wildman–Crippen MR) is 192 cm³/mol. The second-order valence-corrected chi connectivity index (χ2v) is 10.2. The van der Waals surface area contributed by atoms with Crippen LogP contribution in [0.4, 0.5) is 17.1 Å². The molecular formula is C44H31N. The molecule has 0 aromatic heterocycles. The van der Waals surface area contributed by atoms with Gasteiger partial charge in [0, 0.05) is 16.8 Å². The molecular weight excluding hydrogens is 542 g/mol. The maximum Gasteiger partial charge on any atom is 0.0651 e. The number of nitrogens with zero attached hydrogens (tertiary/aromatic N) is 1. The molecule has 1 nitrogen and oxygen atoms in total. The van der Waals surface area contributed by atoms with Crippen molar-refractivity contribution in [3.63, 3.8) is 0 Å². The van der Waals surface area contributed by atoms with Crippen LogP contribution in [0.1, 0.15) is 20.6 Å². The van der Waals surface area contributed by atoms with Crippen LogP contribution in [0.5, 0.6) is 0 Å². The Kier molecular flexibility index (Phi) is 3.93. The maximum absolute atomic E-state index is 9.75. The minimum Gasteiger partial charge on any atom is -0.310 e. The lowest BCUT2D eigenvalue weighted by Gasteiger charge is -2.27. The van der Waals surface area contributed by atoms with E-state index in [0.29, 0.717) is 16.5 Å². The molecule has 0 N–H and O–H groups in total. The number of benzene rings is 8. The van der Waals surface area contributed by atoms with Crippen molar-refractivity contribution in [3.05, 3.63) is 188 Å². The van der Waals surface area contributed by atoms with Gasteiger partial charge in [-0.15, -0.1) is 0 Å². The average molecular weight is 589 g/mol.